The fourth-order valence-corrected chi connectivity index (χ4v) is 3.06. The average Bonchev–Trinajstić information content (AvgIpc) is 2.83. The summed E-state index contributed by atoms with van der Waals surface area (Å²) in [5, 5.41) is 10.3. The quantitative estimate of drug-likeness (QED) is 0.742. The van der Waals surface area contributed by atoms with E-state index in [1.165, 1.54) is 10.4 Å². The lowest BCUT2D eigenvalue weighted by Gasteiger charge is -1.97. The van der Waals surface area contributed by atoms with Gasteiger partial charge in [0.25, 0.3) is 0 Å². The Morgan fingerprint density at radius 3 is 2.26 bits per heavy atom. The predicted octanol–water partition coefficient (Wildman–Crippen LogP) is 4.49. The van der Waals surface area contributed by atoms with Gasteiger partial charge >= 0.3 is 0 Å². The first kappa shape index (κ1) is 11.9. The number of hydrogen-bond acceptors (Lipinski definition) is 3. The zero-order valence-corrected chi connectivity index (χ0v) is 11.3. The molecule has 1 heterocycles. The summed E-state index contributed by atoms with van der Waals surface area (Å²) in [7, 11) is 0. The van der Waals surface area contributed by atoms with Crippen LogP contribution < -0.4 is 0 Å². The molecule has 0 saturated heterocycles. The molecular formula is C16H13NOS. The van der Waals surface area contributed by atoms with Crippen molar-refractivity contribution >= 4 is 11.3 Å². The molecule has 0 spiro atoms. The first-order valence-electron chi connectivity index (χ1n) is 6.06. The van der Waals surface area contributed by atoms with E-state index in [4.69, 9.17) is 0 Å². The second kappa shape index (κ2) is 4.86. The number of phenols is 1. The molecule has 2 aromatic carbocycles. The summed E-state index contributed by atoms with van der Waals surface area (Å²) in [4.78, 5) is 5.82. The van der Waals surface area contributed by atoms with Crippen LogP contribution in [0.25, 0.3) is 21.0 Å². The summed E-state index contributed by atoms with van der Waals surface area (Å²) in [6.07, 6.45) is 0. The van der Waals surface area contributed by atoms with E-state index in [0.29, 0.717) is 0 Å². The minimum atomic E-state index is 0.278. The van der Waals surface area contributed by atoms with E-state index in [1.54, 1.807) is 23.5 Å². The lowest BCUT2D eigenvalue weighted by molar-refractivity contribution is 0.475. The van der Waals surface area contributed by atoms with Gasteiger partial charge in [-0.3, -0.25) is 0 Å². The molecule has 0 aliphatic carbocycles. The van der Waals surface area contributed by atoms with Crippen molar-refractivity contribution < 1.29 is 5.11 Å². The zero-order chi connectivity index (χ0) is 13.2. The summed E-state index contributed by atoms with van der Waals surface area (Å²) >= 11 is 1.68. The van der Waals surface area contributed by atoms with Crippen molar-refractivity contribution in [3.05, 3.63) is 60.3 Å². The highest BCUT2D eigenvalue weighted by Crippen LogP contribution is 2.35. The number of thiazole rings is 1. The molecule has 0 aliphatic heterocycles. The van der Waals surface area contributed by atoms with Gasteiger partial charge in [0, 0.05) is 5.56 Å². The van der Waals surface area contributed by atoms with Crippen LogP contribution in [0.1, 0.15) is 5.69 Å². The highest BCUT2D eigenvalue weighted by Gasteiger charge is 2.10. The lowest BCUT2D eigenvalue weighted by Crippen LogP contribution is -1.78. The maximum absolute atomic E-state index is 9.32. The maximum Gasteiger partial charge on any atom is 0.124 e. The Bertz CT molecular complexity index is 687. The number of benzene rings is 2. The fraction of sp³-hybridized carbons (Fsp3) is 0.0625. The highest BCUT2D eigenvalue weighted by atomic mass is 32.1. The van der Waals surface area contributed by atoms with Crippen LogP contribution in [0, 0.1) is 6.92 Å². The second-order valence-corrected chi connectivity index (χ2v) is 5.35. The Hall–Kier alpha value is -2.13. The molecule has 0 unspecified atom stereocenters. The van der Waals surface area contributed by atoms with Crippen molar-refractivity contribution in [3.63, 3.8) is 0 Å². The van der Waals surface area contributed by atoms with Crippen LogP contribution in [0.4, 0.5) is 0 Å². The van der Waals surface area contributed by atoms with Gasteiger partial charge in [0.15, 0.2) is 0 Å². The van der Waals surface area contributed by atoms with Crippen molar-refractivity contribution in [2.24, 2.45) is 0 Å². The molecule has 94 valence electrons. The Kier molecular flexibility index (Phi) is 3.05. The fourth-order valence-electron chi connectivity index (χ4n) is 1.98. The van der Waals surface area contributed by atoms with Gasteiger partial charge in [-0.15, -0.1) is 11.3 Å². The van der Waals surface area contributed by atoms with Crippen LogP contribution in [0.3, 0.4) is 0 Å². The Labute approximate surface area is 116 Å². The normalized spacial score (nSPS) is 10.6. The molecule has 19 heavy (non-hydrogen) atoms. The van der Waals surface area contributed by atoms with Crippen LogP contribution >= 0.6 is 11.3 Å². The van der Waals surface area contributed by atoms with Crippen LogP contribution in [-0.2, 0) is 0 Å². The van der Waals surface area contributed by atoms with Gasteiger partial charge in [0.05, 0.1) is 10.6 Å². The van der Waals surface area contributed by atoms with Crippen LogP contribution in [-0.4, -0.2) is 10.1 Å². The van der Waals surface area contributed by atoms with Gasteiger partial charge in [0.1, 0.15) is 10.8 Å². The summed E-state index contributed by atoms with van der Waals surface area (Å²) in [5.74, 6) is 0.278. The number of aryl methyl sites for hydroxylation is 1. The summed E-state index contributed by atoms with van der Waals surface area (Å²) in [6, 6.07) is 17.4. The Morgan fingerprint density at radius 1 is 0.895 bits per heavy atom. The number of aromatic hydroxyl groups is 1. The van der Waals surface area contributed by atoms with Gasteiger partial charge in [0.2, 0.25) is 0 Å². The molecule has 0 atom stereocenters. The Morgan fingerprint density at radius 2 is 1.58 bits per heavy atom. The lowest BCUT2D eigenvalue weighted by atomic mass is 10.2. The third kappa shape index (κ3) is 2.37. The van der Waals surface area contributed by atoms with Crippen molar-refractivity contribution in [3.8, 4) is 26.8 Å². The Balaban J connectivity index is 2.04. The molecule has 0 bridgehead atoms. The minimum Gasteiger partial charge on any atom is -0.508 e. The van der Waals surface area contributed by atoms with E-state index in [-0.39, 0.29) is 5.75 Å². The summed E-state index contributed by atoms with van der Waals surface area (Å²) in [5.41, 5.74) is 3.27. The molecule has 3 aromatic rings. The van der Waals surface area contributed by atoms with Gasteiger partial charge in [-0.25, -0.2) is 4.98 Å². The predicted molar refractivity (Wildman–Crippen MR) is 79.4 cm³/mol. The number of nitrogens with zero attached hydrogens (tertiary/aromatic N) is 1. The SMILES string of the molecule is Cc1nc(-c2ccc(O)cc2)sc1-c1ccccc1. The third-order valence-corrected chi connectivity index (χ3v) is 4.20. The van der Waals surface area contributed by atoms with E-state index in [2.05, 4.69) is 17.1 Å². The highest BCUT2D eigenvalue weighted by molar-refractivity contribution is 7.18. The molecule has 0 aliphatic rings. The van der Waals surface area contributed by atoms with Gasteiger partial charge < -0.3 is 5.11 Å². The average molecular weight is 267 g/mol. The maximum atomic E-state index is 9.32. The van der Waals surface area contributed by atoms with Gasteiger partial charge in [-0.1, -0.05) is 30.3 Å². The molecule has 2 nitrogen and oxygen atoms in total. The molecule has 0 fully saturated rings. The third-order valence-electron chi connectivity index (χ3n) is 2.95. The van der Waals surface area contributed by atoms with E-state index in [9.17, 15) is 5.11 Å². The summed E-state index contributed by atoms with van der Waals surface area (Å²) < 4.78 is 0. The van der Waals surface area contributed by atoms with Crippen LogP contribution in [0.15, 0.2) is 54.6 Å². The number of rotatable bonds is 2. The van der Waals surface area contributed by atoms with E-state index >= 15 is 0 Å². The summed E-state index contributed by atoms with van der Waals surface area (Å²) in [6.45, 7) is 2.03. The van der Waals surface area contributed by atoms with Crippen molar-refractivity contribution in [1.82, 2.24) is 4.98 Å². The molecule has 3 heteroatoms. The largest absolute Gasteiger partial charge is 0.508 e. The molecular weight excluding hydrogens is 254 g/mol. The van der Waals surface area contributed by atoms with E-state index < -0.39 is 0 Å². The molecule has 3 rings (SSSR count). The van der Waals surface area contributed by atoms with Crippen LogP contribution in [0.5, 0.6) is 5.75 Å². The van der Waals surface area contributed by atoms with E-state index in [1.807, 2.05) is 37.3 Å². The molecule has 0 amide bonds. The first-order chi connectivity index (χ1) is 9.24. The number of aromatic nitrogens is 1. The number of hydrogen-bond donors (Lipinski definition) is 1. The van der Waals surface area contributed by atoms with Crippen molar-refractivity contribution in [1.29, 1.82) is 0 Å². The standard InChI is InChI=1S/C16H13NOS/c1-11-15(12-5-3-2-4-6-12)19-16(17-11)13-7-9-14(18)10-8-13/h2-10,18H,1H3. The van der Waals surface area contributed by atoms with Crippen molar-refractivity contribution in [2.45, 2.75) is 6.92 Å². The first-order valence-corrected chi connectivity index (χ1v) is 6.88. The van der Waals surface area contributed by atoms with Crippen molar-refractivity contribution in [2.75, 3.05) is 0 Å². The van der Waals surface area contributed by atoms with E-state index in [0.717, 1.165) is 16.3 Å². The second-order valence-electron chi connectivity index (χ2n) is 4.35. The molecule has 0 radical (unpaired) electrons. The van der Waals surface area contributed by atoms with Gasteiger partial charge in [-0.05, 0) is 36.8 Å². The number of phenolic OH excluding ortho intramolecular Hbond substituents is 1. The molecule has 1 aromatic heterocycles. The molecule has 1 N–H and O–H groups in total. The smallest absolute Gasteiger partial charge is 0.124 e. The minimum absolute atomic E-state index is 0.278. The van der Waals surface area contributed by atoms with Gasteiger partial charge in [-0.2, -0.15) is 0 Å². The topological polar surface area (TPSA) is 33.1 Å². The van der Waals surface area contributed by atoms with Crippen LogP contribution in [0.2, 0.25) is 0 Å². The monoisotopic (exact) mass is 267 g/mol. The zero-order valence-electron chi connectivity index (χ0n) is 10.5. The molecule has 0 saturated carbocycles.